The fourth-order valence-electron chi connectivity index (χ4n) is 2.28. The molecule has 1 aliphatic heterocycles. The van der Waals surface area contributed by atoms with Crippen LogP contribution in [0, 0.1) is 0 Å². The second-order valence-corrected chi connectivity index (χ2v) is 6.43. The molecule has 2 N–H and O–H groups in total. The summed E-state index contributed by atoms with van der Waals surface area (Å²) in [5, 5.41) is 3.00. The Kier molecular flexibility index (Phi) is 3.33. The van der Waals surface area contributed by atoms with Crippen LogP contribution in [0.4, 0.5) is 0 Å². The monoisotopic (exact) mass is 277 g/mol. The van der Waals surface area contributed by atoms with Crippen molar-refractivity contribution in [3.63, 3.8) is 0 Å². The Morgan fingerprint density at radius 1 is 1.37 bits per heavy atom. The van der Waals surface area contributed by atoms with Gasteiger partial charge in [0.05, 0.1) is 17.4 Å². The maximum absolute atomic E-state index is 12.1. The number of aromatic nitrogens is 2. The number of hydrogen-bond acceptors (Lipinski definition) is 3. The van der Waals surface area contributed by atoms with E-state index >= 15 is 0 Å². The number of H-pyrrole nitrogens is 1. The Hall–Kier alpha value is -1.69. The summed E-state index contributed by atoms with van der Waals surface area (Å²) in [7, 11) is -0.698. The quantitative estimate of drug-likeness (QED) is 0.866. The van der Waals surface area contributed by atoms with Gasteiger partial charge in [0.2, 0.25) is 0 Å². The van der Waals surface area contributed by atoms with E-state index in [1.54, 1.807) is 18.5 Å². The molecule has 1 saturated heterocycles. The predicted molar refractivity (Wildman–Crippen MR) is 74.5 cm³/mol. The van der Waals surface area contributed by atoms with E-state index in [0.717, 1.165) is 23.9 Å². The molecule has 1 amide bonds. The normalized spacial score (nSPS) is 23.4. The van der Waals surface area contributed by atoms with Gasteiger partial charge in [0.15, 0.2) is 0 Å². The van der Waals surface area contributed by atoms with Crippen LogP contribution >= 0.6 is 0 Å². The second-order valence-electron chi connectivity index (χ2n) is 4.73. The lowest BCUT2D eigenvalue weighted by atomic mass is 10.1. The molecule has 1 aromatic carbocycles. The standard InChI is InChI=1S/C13H15N3O2S/c17-13(16-10-3-5-19(18)6-4-10)9-1-2-11-12(7-9)15-8-14-11/h1-2,7-8,10H,3-6H2,(H,14,15)(H,16,17). The molecule has 2 aromatic rings. The van der Waals surface area contributed by atoms with Crippen molar-refractivity contribution in [3.8, 4) is 0 Å². The summed E-state index contributed by atoms with van der Waals surface area (Å²) in [5.41, 5.74) is 2.34. The first-order valence-corrected chi connectivity index (χ1v) is 7.80. The van der Waals surface area contributed by atoms with Gasteiger partial charge in [-0.2, -0.15) is 0 Å². The van der Waals surface area contributed by atoms with Gasteiger partial charge >= 0.3 is 0 Å². The Balaban J connectivity index is 1.71. The first kappa shape index (κ1) is 12.3. The summed E-state index contributed by atoms with van der Waals surface area (Å²) < 4.78 is 11.3. The summed E-state index contributed by atoms with van der Waals surface area (Å²) in [4.78, 5) is 19.3. The first-order valence-electron chi connectivity index (χ1n) is 6.31. The summed E-state index contributed by atoms with van der Waals surface area (Å²) in [6.07, 6.45) is 3.21. The van der Waals surface area contributed by atoms with Gasteiger partial charge < -0.3 is 10.3 Å². The highest BCUT2D eigenvalue weighted by Gasteiger charge is 2.20. The van der Waals surface area contributed by atoms with Crippen LogP contribution in [0.2, 0.25) is 0 Å². The molecule has 3 rings (SSSR count). The zero-order valence-electron chi connectivity index (χ0n) is 10.4. The van der Waals surface area contributed by atoms with Gasteiger partial charge in [0, 0.05) is 33.9 Å². The van der Waals surface area contributed by atoms with Crippen molar-refractivity contribution in [2.45, 2.75) is 18.9 Å². The molecular formula is C13H15N3O2S. The molecule has 5 nitrogen and oxygen atoms in total. The molecule has 0 aliphatic carbocycles. The van der Waals surface area contributed by atoms with Crippen LogP contribution in [0.15, 0.2) is 24.5 Å². The van der Waals surface area contributed by atoms with E-state index in [1.807, 2.05) is 6.07 Å². The summed E-state index contributed by atoms with van der Waals surface area (Å²) in [5.74, 6) is 1.30. The van der Waals surface area contributed by atoms with Crippen LogP contribution < -0.4 is 5.32 Å². The SMILES string of the molecule is O=C(NC1CCS(=O)CC1)c1ccc2nc[nH]c2c1. The van der Waals surface area contributed by atoms with Gasteiger partial charge in [-0.15, -0.1) is 0 Å². The van der Waals surface area contributed by atoms with Gasteiger partial charge in [-0.1, -0.05) is 0 Å². The average molecular weight is 277 g/mol. The highest BCUT2D eigenvalue weighted by atomic mass is 32.2. The molecule has 1 aliphatic rings. The van der Waals surface area contributed by atoms with Crippen molar-refractivity contribution in [3.05, 3.63) is 30.1 Å². The first-order chi connectivity index (χ1) is 9.22. The van der Waals surface area contributed by atoms with E-state index in [1.165, 1.54) is 0 Å². The average Bonchev–Trinajstić information content (AvgIpc) is 2.88. The molecule has 0 saturated carbocycles. The van der Waals surface area contributed by atoms with Crippen LogP contribution in [0.3, 0.4) is 0 Å². The highest BCUT2D eigenvalue weighted by Crippen LogP contribution is 2.13. The molecule has 6 heteroatoms. The van der Waals surface area contributed by atoms with Crippen molar-refractivity contribution >= 4 is 27.7 Å². The number of carbonyl (C=O) groups excluding carboxylic acids is 1. The van der Waals surface area contributed by atoms with Crippen LogP contribution in [0.1, 0.15) is 23.2 Å². The number of imidazole rings is 1. The van der Waals surface area contributed by atoms with Crippen LogP contribution in [-0.2, 0) is 10.8 Å². The molecule has 0 unspecified atom stereocenters. The van der Waals surface area contributed by atoms with E-state index in [2.05, 4.69) is 15.3 Å². The summed E-state index contributed by atoms with van der Waals surface area (Å²) >= 11 is 0. The Morgan fingerprint density at radius 2 is 2.16 bits per heavy atom. The summed E-state index contributed by atoms with van der Waals surface area (Å²) in [6, 6.07) is 5.55. The maximum Gasteiger partial charge on any atom is 0.251 e. The molecule has 0 bridgehead atoms. The number of rotatable bonds is 2. The van der Waals surface area contributed by atoms with Gasteiger partial charge in [-0.05, 0) is 31.0 Å². The van der Waals surface area contributed by atoms with Crippen LogP contribution in [0.5, 0.6) is 0 Å². The van der Waals surface area contributed by atoms with E-state index in [9.17, 15) is 9.00 Å². The number of carbonyl (C=O) groups is 1. The molecular weight excluding hydrogens is 262 g/mol. The molecule has 0 spiro atoms. The van der Waals surface area contributed by atoms with Crippen molar-refractivity contribution in [2.75, 3.05) is 11.5 Å². The van der Waals surface area contributed by atoms with E-state index in [0.29, 0.717) is 17.1 Å². The minimum absolute atomic E-state index is 0.0748. The van der Waals surface area contributed by atoms with Crippen LogP contribution in [-0.4, -0.2) is 37.6 Å². The van der Waals surface area contributed by atoms with Crippen molar-refractivity contribution in [1.82, 2.24) is 15.3 Å². The van der Waals surface area contributed by atoms with Crippen LogP contribution in [0.25, 0.3) is 11.0 Å². The van der Waals surface area contributed by atoms with Crippen molar-refractivity contribution in [2.24, 2.45) is 0 Å². The predicted octanol–water partition coefficient (Wildman–Crippen LogP) is 1.20. The van der Waals surface area contributed by atoms with Gasteiger partial charge in [0.1, 0.15) is 0 Å². The molecule has 100 valence electrons. The molecule has 0 atom stereocenters. The third kappa shape index (κ3) is 2.68. The minimum Gasteiger partial charge on any atom is -0.349 e. The largest absolute Gasteiger partial charge is 0.349 e. The zero-order valence-corrected chi connectivity index (χ0v) is 11.2. The molecule has 1 fully saturated rings. The Morgan fingerprint density at radius 3 is 2.95 bits per heavy atom. The fourth-order valence-corrected chi connectivity index (χ4v) is 3.58. The number of benzene rings is 1. The lowest BCUT2D eigenvalue weighted by Crippen LogP contribution is -2.39. The van der Waals surface area contributed by atoms with Gasteiger partial charge in [-0.3, -0.25) is 9.00 Å². The molecule has 0 radical (unpaired) electrons. The van der Waals surface area contributed by atoms with E-state index < -0.39 is 10.8 Å². The zero-order chi connectivity index (χ0) is 13.2. The number of fused-ring (bicyclic) bond motifs is 1. The molecule has 2 heterocycles. The number of aromatic amines is 1. The third-order valence-electron chi connectivity index (χ3n) is 3.41. The number of nitrogens with one attached hydrogen (secondary N) is 2. The van der Waals surface area contributed by atoms with Gasteiger partial charge in [0.25, 0.3) is 5.91 Å². The van der Waals surface area contributed by atoms with Crippen molar-refractivity contribution in [1.29, 1.82) is 0 Å². The summed E-state index contributed by atoms with van der Waals surface area (Å²) in [6.45, 7) is 0. The topological polar surface area (TPSA) is 74.8 Å². The second kappa shape index (κ2) is 5.13. The number of nitrogens with zero attached hydrogens (tertiary/aromatic N) is 1. The third-order valence-corrected chi connectivity index (χ3v) is 4.79. The lowest BCUT2D eigenvalue weighted by Gasteiger charge is -2.22. The number of hydrogen-bond donors (Lipinski definition) is 2. The molecule has 1 aromatic heterocycles. The number of amides is 1. The smallest absolute Gasteiger partial charge is 0.251 e. The highest BCUT2D eigenvalue weighted by molar-refractivity contribution is 7.85. The van der Waals surface area contributed by atoms with Crippen molar-refractivity contribution < 1.29 is 9.00 Å². The van der Waals surface area contributed by atoms with E-state index in [4.69, 9.17) is 0 Å². The maximum atomic E-state index is 12.1. The lowest BCUT2D eigenvalue weighted by molar-refractivity contribution is 0.0934. The Bertz CT molecular complexity index is 628. The van der Waals surface area contributed by atoms with Gasteiger partial charge in [-0.25, -0.2) is 4.98 Å². The fraction of sp³-hybridized carbons (Fsp3) is 0.385. The van der Waals surface area contributed by atoms with E-state index in [-0.39, 0.29) is 11.9 Å². The molecule has 19 heavy (non-hydrogen) atoms. The Labute approximate surface area is 113 Å². The minimum atomic E-state index is -0.698.